The summed E-state index contributed by atoms with van der Waals surface area (Å²) in [4.78, 5) is 15.7. The molecule has 0 fully saturated rings. The van der Waals surface area contributed by atoms with Gasteiger partial charge in [-0.1, -0.05) is 17.4 Å². The van der Waals surface area contributed by atoms with Crippen molar-refractivity contribution in [3.05, 3.63) is 46.1 Å². The van der Waals surface area contributed by atoms with Gasteiger partial charge in [0, 0.05) is 11.6 Å². The Balaban J connectivity index is 1.85. The van der Waals surface area contributed by atoms with Gasteiger partial charge in [-0.2, -0.15) is 9.38 Å². The van der Waals surface area contributed by atoms with E-state index in [1.807, 2.05) is 24.4 Å². The van der Waals surface area contributed by atoms with Crippen molar-refractivity contribution in [1.82, 2.24) is 24.0 Å². The molecule has 0 unspecified atom stereocenters. The number of pyridine rings is 1. The average molecular weight is 318 g/mol. The molecule has 4 heterocycles. The van der Waals surface area contributed by atoms with Crippen LogP contribution >= 0.6 is 23.1 Å². The van der Waals surface area contributed by atoms with Crippen molar-refractivity contribution >= 4 is 39.5 Å². The Kier molecular flexibility index (Phi) is 2.65. The second kappa shape index (κ2) is 4.53. The molecule has 0 spiro atoms. The minimum absolute atomic E-state index is 0.0519. The van der Waals surface area contributed by atoms with Gasteiger partial charge in [0.15, 0.2) is 5.65 Å². The molecule has 8 nitrogen and oxygen atoms in total. The van der Waals surface area contributed by atoms with Crippen LogP contribution in [0.5, 0.6) is 0 Å². The van der Waals surface area contributed by atoms with Crippen molar-refractivity contribution < 1.29 is 4.92 Å². The van der Waals surface area contributed by atoms with Crippen LogP contribution in [0.2, 0.25) is 0 Å². The Hall–Kier alpha value is -2.46. The van der Waals surface area contributed by atoms with Crippen LogP contribution in [-0.2, 0) is 0 Å². The standard InChI is InChI=1S/C11H6N6O2S2/c18-17(19)9-8(12-10-16(9)5-6-20-10)21-11-14-13-7-3-1-2-4-15(7)11/h1-6H. The highest BCUT2D eigenvalue weighted by Crippen LogP contribution is 2.35. The van der Waals surface area contributed by atoms with Crippen LogP contribution in [0.3, 0.4) is 0 Å². The highest BCUT2D eigenvalue weighted by molar-refractivity contribution is 7.99. The van der Waals surface area contributed by atoms with E-state index in [-0.39, 0.29) is 5.82 Å². The van der Waals surface area contributed by atoms with Crippen molar-refractivity contribution in [3.8, 4) is 0 Å². The fourth-order valence-corrected chi connectivity index (χ4v) is 3.63. The smallest absolute Gasteiger partial charge is 0.358 e. The van der Waals surface area contributed by atoms with Crippen LogP contribution in [0.25, 0.3) is 10.6 Å². The van der Waals surface area contributed by atoms with E-state index in [0.29, 0.717) is 20.8 Å². The number of fused-ring (bicyclic) bond motifs is 2. The lowest BCUT2D eigenvalue weighted by Gasteiger charge is -1.97. The summed E-state index contributed by atoms with van der Waals surface area (Å²) in [6, 6.07) is 5.52. The van der Waals surface area contributed by atoms with Crippen molar-refractivity contribution in [2.75, 3.05) is 0 Å². The molecule has 0 aliphatic carbocycles. The Labute approximate surface area is 125 Å². The van der Waals surface area contributed by atoms with Crippen LogP contribution in [0.15, 0.2) is 46.2 Å². The molecule has 4 aromatic heterocycles. The molecule has 0 atom stereocenters. The molecule has 0 radical (unpaired) electrons. The fourth-order valence-electron chi connectivity index (χ4n) is 1.96. The summed E-state index contributed by atoms with van der Waals surface area (Å²) in [5, 5.41) is 22.0. The van der Waals surface area contributed by atoms with E-state index in [1.165, 1.54) is 15.7 Å². The Bertz CT molecular complexity index is 971. The monoisotopic (exact) mass is 318 g/mol. The van der Waals surface area contributed by atoms with Crippen LogP contribution in [0.1, 0.15) is 0 Å². The number of hydrogen-bond donors (Lipinski definition) is 0. The molecule has 10 heteroatoms. The first-order valence-electron chi connectivity index (χ1n) is 5.81. The lowest BCUT2D eigenvalue weighted by atomic mass is 10.5. The molecule has 0 saturated heterocycles. The van der Waals surface area contributed by atoms with E-state index in [0.717, 1.165) is 11.8 Å². The Morgan fingerprint density at radius 1 is 1.24 bits per heavy atom. The summed E-state index contributed by atoms with van der Waals surface area (Å²) in [6.45, 7) is 0. The predicted molar refractivity (Wildman–Crippen MR) is 76.8 cm³/mol. The number of imidazole rings is 1. The van der Waals surface area contributed by atoms with Crippen molar-refractivity contribution in [3.63, 3.8) is 0 Å². The van der Waals surface area contributed by atoms with Crippen LogP contribution in [0, 0.1) is 10.1 Å². The van der Waals surface area contributed by atoms with E-state index in [4.69, 9.17) is 0 Å². The topological polar surface area (TPSA) is 90.6 Å². The zero-order valence-corrected chi connectivity index (χ0v) is 11.9. The van der Waals surface area contributed by atoms with Gasteiger partial charge in [0.1, 0.15) is 6.20 Å². The first kappa shape index (κ1) is 12.3. The molecule has 0 aliphatic heterocycles. The van der Waals surface area contributed by atoms with Crippen LogP contribution in [0.4, 0.5) is 5.82 Å². The van der Waals surface area contributed by atoms with E-state index >= 15 is 0 Å². The maximum absolute atomic E-state index is 11.3. The third-order valence-corrected chi connectivity index (χ3v) is 4.53. The van der Waals surface area contributed by atoms with Gasteiger partial charge in [-0.15, -0.1) is 10.2 Å². The van der Waals surface area contributed by atoms with Gasteiger partial charge in [-0.3, -0.25) is 4.40 Å². The fraction of sp³-hybridized carbons (Fsp3) is 0. The summed E-state index contributed by atoms with van der Waals surface area (Å²) in [7, 11) is 0. The van der Waals surface area contributed by atoms with Gasteiger partial charge in [0.25, 0.3) is 4.96 Å². The van der Waals surface area contributed by atoms with E-state index < -0.39 is 4.92 Å². The maximum atomic E-state index is 11.3. The first-order valence-corrected chi connectivity index (χ1v) is 7.51. The third-order valence-electron chi connectivity index (χ3n) is 2.85. The molecular weight excluding hydrogens is 312 g/mol. The number of nitrogens with zero attached hydrogens (tertiary/aromatic N) is 6. The van der Waals surface area contributed by atoms with Gasteiger partial charge >= 0.3 is 5.82 Å². The quantitative estimate of drug-likeness (QED) is 0.426. The molecule has 104 valence electrons. The van der Waals surface area contributed by atoms with Crippen LogP contribution < -0.4 is 0 Å². The van der Waals surface area contributed by atoms with Gasteiger partial charge in [0.2, 0.25) is 10.2 Å². The minimum atomic E-state index is -0.432. The molecule has 21 heavy (non-hydrogen) atoms. The molecule has 0 amide bonds. The number of nitro groups is 1. The van der Waals surface area contributed by atoms with Crippen molar-refractivity contribution in [2.24, 2.45) is 0 Å². The van der Waals surface area contributed by atoms with E-state index in [9.17, 15) is 10.1 Å². The highest BCUT2D eigenvalue weighted by atomic mass is 32.2. The molecule has 0 aliphatic rings. The summed E-state index contributed by atoms with van der Waals surface area (Å²) in [5.74, 6) is -0.0519. The van der Waals surface area contributed by atoms with Crippen LogP contribution in [-0.4, -0.2) is 28.9 Å². The Morgan fingerprint density at radius 3 is 3.00 bits per heavy atom. The minimum Gasteiger partial charge on any atom is -0.358 e. The second-order valence-corrected chi connectivity index (χ2v) is 5.90. The van der Waals surface area contributed by atoms with Gasteiger partial charge < -0.3 is 10.1 Å². The summed E-state index contributed by atoms with van der Waals surface area (Å²) < 4.78 is 3.23. The molecule has 0 N–H and O–H groups in total. The molecular formula is C11H6N6O2S2. The lowest BCUT2D eigenvalue weighted by molar-refractivity contribution is -0.393. The molecule has 4 aromatic rings. The number of hydrogen-bond acceptors (Lipinski definition) is 7. The molecule has 0 bridgehead atoms. The average Bonchev–Trinajstić information content (AvgIpc) is 3.13. The van der Waals surface area contributed by atoms with Gasteiger partial charge in [0.05, 0.1) is 0 Å². The normalized spacial score (nSPS) is 11.4. The molecule has 0 saturated carbocycles. The van der Waals surface area contributed by atoms with Crippen molar-refractivity contribution in [1.29, 1.82) is 0 Å². The zero-order valence-electron chi connectivity index (χ0n) is 10.3. The zero-order chi connectivity index (χ0) is 14.4. The van der Waals surface area contributed by atoms with E-state index in [2.05, 4.69) is 15.2 Å². The predicted octanol–water partition coefficient (Wildman–Crippen LogP) is 2.50. The van der Waals surface area contributed by atoms with E-state index in [1.54, 1.807) is 16.0 Å². The maximum Gasteiger partial charge on any atom is 0.363 e. The second-order valence-electron chi connectivity index (χ2n) is 4.07. The number of aromatic nitrogens is 5. The number of thiazole rings is 1. The lowest BCUT2D eigenvalue weighted by Crippen LogP contribution is -1.94. The third kappa shape index (κ3) is 1.87. The number of rotatable bonds is 3. The SMILES string of the molecule is O=[N+]([O-])c1c(Sc2nnc3ccccn23)nc2sccn12. The van der Waals surface area contributed by atoms with Gasteiger partial charge in [-0.05, 0) is 28.8 Å². The van der Waals surface area contributed by atoms with Gasteiger partial charge in [-0.25, -0.2) is 0 Å². The summed E-state index contributed by atoms with van der Waals surface area (Å²) >= 11 is 2.48. The molecule has 0 aromatic carbocycles. The summed E-state index contributed by atoms with van der Waals surface area (Å²) in [5.41, 5.74) is 0.684. The first-order chi connectivity index (χ1) is 10.2. The largest absolute Gasteiger partial charge is 0.363 e. The summed E-state index contributed by atoms with van der Waals surface area (Å²) in [6.07, 6.45) is 3.44. The highest BCUT2D eigenvalue weighted by Gasteiger charge is 2.25. The Morgan fingerprint density at radius 2 is 2.14 bits per heavy atom. The molecule has 4 rings (SSSR count). The van der Waals surface area contributed by atoms with Crippen molar-refractivity contribution in [2.45, 2.75) is 10.2 Å².